The van der Waals surface area contributed by atoms with Gasteiger partial charge in [-0.3, -0.25) is 4.79 Å². The number of aromatic nitrogens is 2. The lowest BCUT2D eigenvalue weighted by atomic mass is 10.1. The topological polar surface area (TPSA) is 62.2 Å². The number of hydrogen-bond donors (Lipinski definition) is 2. The molecule has 4 heterocycles. The van der Waals surface area contributed by atoms with E-state index in [2.05, 4.69) is 51.7 Å². The third-order valence-electron chi connectivity index (χ3n) is 6.53. The zero-order valence-corrected chi connectivity index (χ0v) is 18.5. The highest BCUT2D eigenvalue weighted by Gasteiger charge is 2.32. The number of rotatable bonds is 6. The molecule has 2 aromatic heterocycles. The third kappa shape index (κ3) is 4.02. The van der Waals surface area contributed by atoms with E-state index in [1.54, 1.807) is 6.20 Å². The van der Waals surface area contributed by atoms with Gasteiger partial charge in [0.05, 0.1) is 10.6 Å². The molecule has 2 atom stereocenters. The molecule has 2 unspecified atom stereocenters. The number of carbonyl (C=O) groups is 1. The van der Waals surface area contributed by atoms with E-state index in [0.29, 0.717) is 29.2 Å². The van der Waals surface area contributed by atoms with Gasteiger partial charge >= 0.3 is 0 Å². The van der Waals surface area contributed by atoms with E-state index in [1.165, 1.54) is 24.1 Å². The molecule has 5 rings (SSSR count). The Kier molecular flexibility index (Phi) is 5.59. The van der Waals surface area contributed by atoms with Crippen molar-refractivity contribution in [2.75, 3.05) is 24.5 Å². The van der Waals surface area contributed by atoms with Gasteiger partial charge < -0.3 is 20.1 Å². The molecule has 6 nitrogen and oxygen atoms in total. The normalized spacial score (nSPS) is 20.4. The number of halogens is 1. The highest BCUT2D eigenvalue weighted by Crippen LogP contribution is 2.27. The predicted octanol–water partition coefficient (Wildman–Crippen LogP) is 3.62. The number of anilines is 1. The van der Waals surface area contributed by atoms with Crippen molar-refractivity contribution in [2.24, 2.45) is 0 Å². The molecule has 0 saturated carbocycles. The summed E-state index contributed by atoms with van der Waals surface area (Å²) in [7, 11) is 0. The van der Waals surface area contributed by atoms with Crippen molar-refractivity contribution in [1.82, 2.24) is 20.2 Å². The van der Waals surface area contributed by atoms with Crippen molar-refractivity contribution in [2.45, 2.75) is 44.8 Å². The number of hydrogen-bond acceptors (Lipinski definition) is 4. The monoisotopic (exact) mass is 437 g/mol. The Labute approximate surface area is 187 Å². The number of nitrogens with zero attached hydrogens (tertiary/aromatic N) is 3. The van der Waals surface area contributed by atoms with Crippen molar-refractivity contribution >= 4 is 34.2 Å². The summed E-state index contributed by atoms with van der Waals surface area (Å²) < 4.78 is 2.01. The van der Waals surface area contributed by atoms with Crippen LogP contribution in [-0.4, -0.2) is 47.2 Å². The molecule has 0 spiro atoms. The molecule has 162 valence electrons. The molecule has 1 aromatic carbocycles. The summed E-state index contributed by atoms with van der Waals surface area (Å²) in [5.74, 6) is -0.184. The molecule has 1 amide bonds. The van der Waals surface area contributed by atoms with E-state index in [0.717, 1.165) is 37.1 Å². The number of carbonyl (C=O) groups excluding carboxylic acids is 1. The highest BCUT2D eigenvalue weighted by atomic mass is 35.5. The number of pyridine rings is 1. The van der Waals surface area contributed by atoms with Crippen LogP contribution in [0.4, 0.5) is 5.69 Å². The fourth-order valence-electron chi connectivity index (χ4n) is 4.82. The summed E-state index contributed by atoms with van der Waals surface area (Å²) in [6.07, 6.45) is 6.87. The van der Waals surface area contributed by atoms with Gasteiger partial charge in [0.15, 0.2) is 0 Å². The van der Waals surface area contributed by atoms with E-state index >= 15 is 0 Å². The smallest absolute Gasteiger partial charge is 0.254 e. The standard InChI is InChI=1S/C24H28ClN5O/c1-2-29-12-10-20-22(25)21(13-27-23(20)29)24(31)26-11-9-16-3-7-19(8-4-16)30-14-17-5-6-18(15-30)28-17/h3-4,7-8,10,12-13,17-18,28H,2,5-6,9,11,14-15H2,1H3,(H,26,31). The zero-order valence-electron chi connectivity index (χ0n) is 17.8. The number of amides is 1. The predicted molar refractivity (Wildman–Crippen MR) is 125 cm³/mol. The van der Waals surface area contributed by atoms with E-state index in [-0.39, 0.29) is 5.91 Å². The summed E-state index contributed by atoms with van der Waals surface area (Å²) >= 11 is 6.50. The van der Waals surface area contributed by atoms with E-state index in [9.17, 15) is 4.79 Å². The molecule has 2 saturated heterocycles. The SMILES string of the molecule is CCn1ccc2c(Cl)c(C(=O)NCCc3ccc(N4CC5CCC(C4)N5)cc3)cnc21. The minimum absolute atomic E-state index is 0.184. The first-order valence-electron chi connectivity index (χ1n) is 11.1. The molecule has 2 aliphatic rings. The van der Waals surface area contributed by atoms with Crippen LogP contribution < -0.4 is 15.5 Å². The quantitative estimate of drug-likeness (QED) is 0.618. The van der Waals surface area contributed by atoms with Crippen LogP contribution in [0.2, 0.25) is 5.02 Å². The molecule has 2 aliphatic heterocycles. The van der Waals surface area contributed by atoms with Crippen LogP contribution in [0.25, 0.3) is 11.0 Å². The maximum atomic E-state index is 12.6. The average Bonchev–Trinajstić information content (AvgIpc) is 3.37. The molecule has 0 aliphatic carbocycles. The summed E-state index contributed by atoms with van der Waals surface area (Å²) in [5, 5.41) is 7.93. The molecular formula is C24H28ClN5O. The fourth-order valence-corrected chi connectivity index (χ4v) is 5.10. The van der Waals surface area contributed by atoms with Crippen LogP contribution in [0, 0.1) is 0 Å². The molecule has 7 heteroatoms. The number of nitrogens with one attached hydrogen (secondary N) is 2. The van der Waals surface area contributed by atoms with Gasteiger partial charge in [-0.25, -0.2) is 4.98 Å². The van der Waals surface area contributed by atoms with Gasteiger partial charge in [0, 0.05) is 61.7 Å². The number of aryl methyl sites for hydroxylation is 1. The molecule has 2 fully saturated rings. The molecule has 2 N–H and O–H groups in total. The largest absolute Gasteiger partial charge is 0.368 e. The summed E-state index contributed by atoms with van der Waals surface area (Å²) in [6, 6.07) is 11.9. The van der Waals surface area contributed by atoms with Crippen LogP contribution in [0.3, 0.4) is 0 Å². The van der Waals surface area contributed by atoms with Gasteiger partial charge in [-0.05, 0) is 49.9 Å². The van der Waals surface area contributed by atoms with Crippen LogP contribution in [0.5, 0.6) is 0 Å². The Hall–Kier alpha value is -2.57. The first kappa shape index (κ1) is 20.3. The van der Waals surface area contributed by atoms with Gasteiger partial charge in [-0.2, -0.15) is 0 Å². The summed E-state index contributed by atoms with van der Waals surface area (Å²) in [5.41, 5.74) is 3.73. The zero-order chi connectivity index (χ0) is 21.4. The Morgan fingerprint density at radius 2 is 1.94 bits per heavy atom. The van der Waals surface area contributed by atoms with Gasteiger partial charge in [-0.1, -0.05) is 23.7 Å². The minimum atomic E-state index is -0.184. The third-order valence-corrected chi connectivity index (χ3v) is 6.93. The van der Waals surface area contributed by atoms with Gasteiger partial charge in [0.1, 0.15) is 5.65 Å². The van der Waals surface area contributed by atoms with Crippen molar-refractivity contribution in [3.05, 3.63) is 58.9 Å². The first-order valence-corrected chi connectivity index (χ1v) is 11.5. The molecule has 2 bridgehead atoms. The molecule has 3 aromatic rings. The average molecular weight is 438 g/mol. The Morgan fingerprint density at radius 1 is 1.19 bits per heavy atom. The molecule has 0 radical (unpaired) electrons. The Balaban J connectivity index is 1.18. The summed E-state index contributed by atoms with van der Waals surface area (Å²) in [6.45, 7) is 5.60. The van der Waals surface area contributed by atoms with E-state index in [1.807, 2.05) is 16.8 Å². The Bertz CT molecular complexity index is 1080. The van der Waals surface area contributed by atoms with Crippen molar-refractivity contribution in [1.29, 1.82) is 0 Å². The van der Waals surface area contributed by atoms with Crippen LogP contribution in [0.15, 0.2) is 42.7 Å². The second-order valence-corrected chi connectivity index (χ2v) is 8.92. The lowest BCUT2D eigenvalue weighted by Crippen LogP contribution is -2.51. The number of piperazine rings is 1. The fraction of sp³-hybridized carbons (Fsp3) is 0.417. The minimum Gasteiger partial charge on any atom is -0.368 e. The van der Waals surface area contributed by atoms with E-state index in [4.69, 9.17) is 11.6 Å². The van der Waals surface area contributed by atoms with Gasteiger partial charge in [0.25, 0.3) is 5.91 Å². The second kappa shape index (κ2) is 8.52. The van der Waals surface area contributed by atoms with Crippen LogP contribution in [0.1, 0.15) is 35.7 Å². The van der Waals surface area contributed by atoms with Gasteiger partial charge in [0.2, 0.25) is 0 Å². The van der Waals surface area contributed by atoms with Crippen LogP contribution in [-0.2, 0) is 13.0 Å². The highest BCUT2D eigenvalue weighted by molar-refractivity contribution is 6.38. The maximum Gasteiger partial charge on any atom is 0.254 e. The van der Waals surface area contributed by atoms with Crippen LogP contribution >= 0.6 is 11.6 Å². The molecule has 31 heavy (non-hydrogen) atoms. The Morgan fingerprint density at radius 3 is 2.65 bits per heavy atom. The second-order valence-electron chi connectivity index (χ2n) is 8.54. The summed E-state index contributed by atoms with van der Waals surface area (Å²) in [4.78, 5) is 19.6. The first-order chi connectivity index (χ1) is 15.1. The van der Waals surface area contributed by atoms with Gasteiger partial charge in [-0.15, -0.1) is 0 Å². The van der Waals surface area contributed by atoms with E-state index < -0.39 is 0 Å². The van der Waals surface area contributed by atoms with Crippen molar-refractivity contribution in [3.63, 3.8) is 0 Å². The molecular weight excluding hydrogens is 410 g/mol. The maximum absolute atomic E-state index is 12.6. The van der Waals surface area contributed by atoms with Crippen molar-refractivity contribution in [3.8, 4) is 0 Å². The van der Waals surface area contributed by atoms with Crippen molar-refractivity contribution < 1.29 is 4.79 Å². The number of fused-ring (bicyclic) bond motifs is 3. The lowest BCUT2D eigenvalue weighted by molar-refractivity contribution is 0.0954. The number of benzene rings is 1. The lowest BCUT2D eigenvalue weighted by Gasteiger charge is -2.34.